The van der Waals surface area contributed by atoms with Crippen LogP contribution in [0.5, 0.6) is 0 Å². The second kappa shape index (κ2) is 8.11. The fourth-order valence-electron chi connectivity index (χ4n) is 3.50. The third kappa shape index (κ3) is 4.45. The largest absolute Gasteiger partial charge is 0.480 e. The van der Waals surface area contributed by atoms with E-state index in [9.17, 15) is 9.90 Å². The molecule has 0 radical (unpaired) electrons. The highest BCUT2D eigenvalue weighted by Crippen LogP contribution is 2.33. The molecule has 0 bridgehead atoms. The molecule has 1 saturated carbocycles. The predicted molar refractivity (Wildman–Crippen MR) is 96.1 cm³/mol. The molecule has 1 fully saturated rings. The maximum atomic E-state index is 11.5. The van der Waals surface area contributed by atoms with Crippen LogP contribution in [0.2, 0.25) is 0 Å². The summed E-state index contributed by atoms with van der Waals surface area (Å²) < 4.78 is 0. The first-order valence-corrected chi connectivity index (χ1v) is 8.81. The summed E-state index contributed by atoms with van der Waals surface area (Å²) in [5, 5.41) is 12.6. The lowest BCUT2D eigenvalue weighted by molar-refractivity contribution is -0.139. The average Bonchev–Trinajstić information content (AvgIpc) is 3.14. The number of aliphatic carboxylic acids is 1. The summed E-state index contributed by atoms with van der Waals surface area (Å²) >= 11 is 0. The molecule has 1 aliphatic carbocycles. The lowest BCUT2D eigenvalue weighted by atomic mass is 9.96. The summed E-state index contributed by atoms with van der Waals surface area (Å²) in [4.78, 5) is 11.5. The number of carboxylic acid groups (broad SMARTS) is 1. The second-order valence-electron chi connectivity index (χ2n) is 6.68. The van der Waals surface area contributed by atoms with Crippen molar-refractivity contribution in [2.24, 2.45) is 0 Å². The quantitative estimate of drug-likeness (QED) is 0.805. The fourth-order valence-corrected chi connectivity index (χ4v) is 3.50. The van der Waals surface area contributed by atoms with Crippen LogP contribution >= 0.6 is 0 Å². The van der Waals surface area contributed by atoms with Crippen LogP contribution in [-0.4, -0.2) is 17.1 Å². The summed E-state index contributed by atoms with van der Waals surface area (Å²) in [5.41, 5.74) is 3.60. The van der Waals surface area contributed by atoms with Crippen molar-refractivity contribution >= 4 is 5.97 Å². The Bertz CT molecular complexity index is 645. The molecule has 0 unspecified atom stereocenters. The van der Waals surface area contributed by atoms with Crippen molar-refractivity contribution in [3.8, 4) is 0 Å². The molecule has 2 N–H and O–H groups in total. The fraction of sp³-hybridized carbons (Fsp3) is 0.381. The minimum atomic E-state index is -0.804. The molecule has 0 aromatic heterocycles. The molecule has 126 valence electrons. The van der Waals surface area contributed by atoms with Crippen molar-refractivity contribution in [3.05, 3.63) is 71.3 Å². The van der Waals surface area contributed by atoms with Crippen LogP contribution in [0.3, 0.4) is 0 Å². The predicted octanol–water partition coefficient (Wildman–Crippen LogP) is 4.13. The van der Waals surface area contributed by atoms with Crippen LogP contribution in [0.15, 0.2) is 54.6 Å². The Labute approximate surface area is 143 Å². The number of hydrogen-bond acceptors (Lipinski definition) is 2. The zero-order valence-corrected chi connectivity index (χ0v) is 13.9. The van der Waals surface area contributed by atoms with Gasteiger partial charge in [0.2, 0.25) is 0 Å². The molecule has 24 heavy (non-hydrogen) atoms. The van der Waals surface area contributed by atoms with E-state index in [1.54, 1.807) is 0 Å². The van der Waals surface area contributed by atoms with E-state index >= 15 is 0 Å². The number of rotatable bonds is 7. The minimum absolute atomic E-state index is 0.496. The lowest BCUT2D eigenvalue weighted by Crippen LogP contribution is -2.38. The van der Waals surface area contributed by atoms with Gasteiger partial charge in [0.15, 0.2) is 0 Å². The molecule has 1 atom stereocenters. The molecule has 0 saturated heterocycles. The molecule has 2 aromatic rings. The molecule has 0 amide bonds. The Morgan fingerprint density at radius 1 is 1.00 bits per heavy atom. The first kappa shape index (κ1) is 16.7. The monoisotopic (exact) mass is 323 g/mol. The van der Waals surface area contributed by atoms with Crippen LogP contribution < -0.4 is 5.32 Å². The van der Waals surface area contributed by atoms with Gasteiger partial charge in [-0.25, -0.2) is 0 Å². The standard InChI is InChI=1S/C21H25NO2/c23-21(24)20(14-16-6-2-1-3-7-16)22-15-17-10-12-19(13-11-17)18-8-4-5-9-18/h1-3,6-7,10-13,18,20,22H,4-5,8-9,14-15H2,(H,23,24)/t20-/m1/s1. The minimum Gasteiger partial charge on any atom is -0.480 e. The lowest BCUT2D eigenvalue weighted by Gasteiger charge is -2.15. The smallest absolute Gasteiger partial charge is 0.321 e. The van der Waals surface area contributed by atoms with Crippen molar-refractivity contribution in [2.75, 3.05) is 0 Å². The third-order valence-electron chi connectivity index (χ3n) is 4.94. The molecular weight excluding hydrogens is 298 g/mol. The summed E-state index contributed by atoms with van der Waals surface area (Å²) in [6.45, 7) is 0.578. The first-order valence-electron chi connectivity index (χ1n) is 8.81. The van der Waals surface area contributed by atoms with Gasteiger partial charge in [-0.3, -0.25) is 4.79 Å². The van der Waals surface area contributed by atoms with Crippen LogP contribution in [0, 0.1) is 0 Å². The van der Waals surface area contributed by atoms with E-state index in [0.717, 1.165) is 17.0 Å². The number of benzene rings is 2. The maximum absolute atomic E-state index is 11.5. The van der Waals surface area contributed by atoms with E-state index in [-0.39, 0.29) is 0 Å². The molecule has 1 aliphatic rings. The first-order chi connectivity index (χ1) is 11.7. The summed E-state index contributed by atoms with van der Waals surface area (Å²) in [5.74, 6) is -0.0849. The number of nitrogens with one attached hydrogen (secondary N) is 1. The molecule has 3 rings (SSSR count). The van der Waals surface area contributed by atoms with E-state index in [4.69, 9.17) is 0 Å². The van der Waals surface area contributed by atoms with Gasteiger partial charge in [-0.2, -0.15) is 0 Å². The van der Waals surface area contributed by atoms with Crippen molar-refractivity contribution in [1.82, 2.24) is 5.32 Å². The van der Waals surface area contributed by atoms with Crippen molar-refractivity contribution in [2.45, 2.75) is 50.6 Å². The average molecular weight is 323 g/mol. The summed E-state index contributed by atoms with van der Waals surface area (Å²) in [6.07, 6.45) is 5.78. The Kier molecular flexibility index (Phi) is 5.65. The van der Waals surface area contributed by atoms with Gasteiger partial charge in [0, 0.05) is 6.54 Å². The Balaban J connectivity index is 1.57. The molecule has 2 aromatic carbocycles. The highest BCUT2D eigenvalue weighted by molar-refractivity contribution is 5.73. The highest BCUT2D eigenvalue weighted by atomic mass is 16.4. The molecule has 0 aliphatic heterocycles. The van der Waals surface area contributed by atoms with Crippen LogP contribution in [0.1, 0.15) is 48.3 Å². The van der Waals surface area contributed by atoms with Crippen molar-refractivity contribution in [3.63, 3.8) is 0 Å². The second-order valence-corrected chi connectivity index (χ2v) is 6.68. The molecule has 0 spiro atoms. The van der Waals surface area contributed by atoms with Gasteiger partial charge in [0.05, 0.1) is 0 Å². The zero-order valence-electron chi connectivity index (χ0n) is 13.9. The van der Waals surface area contributed by atoms with Crippen LogP contribution in [-0.2, 0) is 17.8 Å². The molecule has 3 heteroatoms. The summed E-state index contributed by atoms with van der Waals surface area (Å²) in [7, 11) is 0. The highest BCUT2D eigenvalue weighted by Gasteiger charge is 2.18. The SMILES string of the molecule is O=C(O)[C@@H](Cc1ccccc1)NCc1ccc(C2CCCC2)cc1. The maximum Gasteiger partial charge on any atom is 0.321 e. The van der Waals surface area contributed by atoms with Crippen LogP contribution in [0.25, 0.3) is 0 Å². The summed E-state index contributed by atoms with van der Waals surface area (Å²) in [6, 6.07) is 17.9. The molecule has 0 heterocycles. The van der Waals surface area contributed by atoms with Gasteiger partial charge < -0.3 is 10.4 Å². The van der Waals surface area contributed by atoms with E-state index in [2.05, 4.69) is 29.6 Å². The Morgan fingerprint density at radius 2 is 1.67 bits per heavy atom. The van der Waals surface area contributed by atoms with Gasteiger partial charge in [0.25, 0.3) is 0 Å². The third-order valence-corrected chi connectivity index (χ3v) is 4.94. The van der Waals surface area contributed by atoms with Gasteiger partial charge in [-0.15, -0.1) is 0 Å². The van der Waals surface area contributed by atoms with Gasteiger partial charge in [-0.1, -0.05) is 67.4 Å². The zero-order chi connectivity index (χ0) is 16.8. The van der Waals surface area contributed by atoms with Crippen molar-refractivity contribution in [1.29, 1.82) is 0 Å². The van der Waals surface area contributed by atoms with Gasteiger partial charge >= 0.3 is 5.97 Å². The Hall–Kier alpha value is -2.13. The van der Waals surface area contributed by atoms with Gasteiger partial charge in [0.1, 0.15) is 6.04 Å². The van der Waals surface area contributed by atoms with E-state index in [0.29, 0.717) is 13.0 Å². The molecule has 3 nitrogen and oxygen atoms in total. The number of carbonyl (C=O) groups is 1. The van der Waals surface area contributed by atoms with Crippen molar-refractivity contribution < 1.29 is 9.90 Å². The van der Waals surface area contributed by atoms with E-state index in [1.807, 2.05) is 30.3 Å². The topological polar surface area (TPSA) is 49.3 Å². The van der Waals surface area contributed by atoms with Gasteiger partial charge in [-0.05, 0) is 41.9 Å². The van der Waals surface area contributed by atoms with E-state index in [1.165, 1.54) is 31.2 Å². The number of carboxylic acids is 1. The molecular formula is C21H25NO2. The number of hydrogen-bond donors (Lipinski definition) is 2. The van der Waals surface area contributed by atoms with Crippen LogP contribution in [0.4, 0.5) is 0 Å². The Morgan fingerprint density at radius 3 is 2.29 bits per heavy atom. The van der Waals surface area contributed by atoms with E-state index < -0.39 is 12.0 Å². The normalized spacial score (nSPS) is 16.2.